The fourth-order valence-corrected chi connectivity index (χ4v) is 3.10. The Kier molecular flexibility index (Phi) is 8.76. The van der Waals surface area contributed by atoms with Crippen LogP contribution in [0.5, 0.6) is 0 Å². The summed E-state index contributed by atoms with van der Waals surface area (Å²) in [6.45, 7) is 0.563. The van der Waals surface area contributed by atoms with Crippen LogP contribution in [-0.4, -0.2) is 36.4 Å². The Bertz CT molecular complexity index is 677. The second-order valence-corrected chi connectivity index (χ2v) is 7.08. The van der Waals surface area contributed by atoms with Crippen molar-refractivity contribution in [1.82, 2.24) is 10.6 Å². The molecule has 0 bridgehead atoms. The van der Waals surface area contributed by atoms with Crippen LogP contribution in [0.1, 0.15) is 17.5 Å². The lowest BCUT2D eigenvalue weighted by Crippen LogP contribution is -2.48. The van der Waals surface area contributed by atoms with Crippen molar-refractivity contribution in [2.24, 2.45) is 0 Å². The normalized spacial score (nSPS) is 11.6. The Morgan fingerprint density at radius 1 is 0.962 bits per heavy atom. The highest BCUT2D eigenvalue weighted by atomic mass is 32.2. The van der Waals surface area contributed by atoms with Crippen LogP contribution in [0.3, 0.4) is 0 Å². The van der Waals surface area contributed by atoms with E-state index in [0.29, 0.717) is 13.0 Å². The van der Waals surface area contributed by atoms with E-state index >= 15 is 0 Å². The minimum atomic E-state index is -0.491. The van der Waals surface area contributed by atoms with E-state index in [1.165, 1.54) is 5.56 Å². The highest BCUT2D eigenvalue weighted by molar-refractivity contribution is 7.98. The molecule has 0 spiro atoms. The summed E-state index contributed by atoms with van der Waals surface area (Å²) >= 11 is 1.67. The molecule has 2 N–H and O–H groups in total. The Morgan fingerprint density at radius 2 is 1.58 bits per heavy atom. The van der Waals surface area contributed by atoms with Crippen molar-refractivity contribution in [2.45, 2.75) is 25.3 Å². The van der Waals surface area contributed by atoms with Gasteiger partial charge in [0.1, 0.15) is 6.04 Å². The Balaban J connectivity index is 1.84. The third kappa shape index (κ3) is 7.31. The molecule has 4 nitrogen and oxygen atoms in total. The van der Waals surface area contributed by atoms with Crippen LogP contribution < -0.4 is 10.6 Å². The predicted molar refractivity (Wildman–Crippen MR) is 108 cm³/mol. The molecule has 0 unspecified atom stereocenters. The van der Waals surface area contributed by atoms with Gasteiger partial charge in [-0.15, -0.1) is 0 Å². The number of carbonyl (C=O) groups is 2. The maximum absolute atomic E-state index is 12.5. The standard InChI is InChI=1S/C21H26N2O2S/c1-26-15-13-19(23-20(24)16-18-10-6-3-7-11-18)21(25)22-14-12-17-8-4-2-5-9-17/h2-11,19H,12-16H2,1H3,(H,22,25)(H,23,24)/t19-/m0/s1. The van der Waals surface area contributed by atoms with Crippen LogP contribution in [0.2, 0.25) is 0 Å². The molecule has 0 aliphatic carbocycles. The van der Waals surface area contributed by atoms with E-state index in [2.05, 4.69) is 10.6 Å². The zero-order valence-corrected chi connectivity index (χ0v) is 15.9. The Hall–Kier alpha value is -2.27. The first kappa shape index (κ1) is 20.0. The molecule has 0 aromatic heterocycles. The topological polar surface area (TPSA) is 58.2 Å². The van der Waals surface area contributed by atoms with E-state index in [1.54, 1.807) is 11.8 Å². The van der Waals surface area contributed by atoms with E-state index in [1.807, 2.05) is 66.9 Å². The molecule has 0 saturated carbocycles. The first-order valence-corrected chi connectivity index (χ1v) is 10.2. The van der Waals surface area contributed by atoms with Gasteiger partial charge in [0.25, 0.3) is 0 Å². The van der Waals surface area contributed by atoms with Gasteiger partial charge in [-0.2, -0.15) is 11.8 Å². The maximum atomic E-state index is 12.5. The SMILES string of the molecule is CSCC[C@H](NC(=O)Cc1ccccc1)C(=O)NCCc1ccccc1. The van der Waals surface area contributed by atoms with E-state index in [9.17, 15) is 9.59 Å². The summed E-state index contributed by atoms with van der Waals surface area (Å²) in [5.74, 6) is 0.583. The van der Waals surface area contributed by atoms with Gasteiger partial charge in [-0.3, -0.25) is 9.59 Å². The van der Waals surface area contributed by atoms with Crippen molar-refractivity contribution in [3.8, 4) is 0 Å². The zero-order valence-electron chi connectivity index (χ0n) is 15.1. The van der Waals surface area contributed by atoms with Crippen molar-refractivity contribution in [2.75, 3.05) is 18.6 Å². The molecule has 0 radical (unpaired) electrons. The number of amides is 2. The van der Waals surface area contributed by atoms with Crippen LogP contribution in [0, 0.1) is 0 Å². The molecule has 1 atom stereocenters. The fourth-order valence-electron chi connectivity index (χ4n) is 2.63. The molecule has 0 aliphatic heterocycles. The second-order valence-electron chi connectivity index (χ2n) is 6.09. The number of hydrogen-bond donors (Lipinski definition) is 2. The Morgan fingerprint density at radius 3 is 2.19 bits per heavy atom. The number of thioether (sulfide) groups is 1. The number of hydrogen-bond acceptors (Lipinski definition) is 3. The van der Waals surface area contributed by atoms with Crippen LogP contribution in [0.25, 0.3) is 0 Å². The summed E-state index contributed by atoms with van der Waals surface area (Å²) in [6, 6.07) is 19.1. The molecule has 0 heterocycles. The smallest absolute Gasteiger partial charge is 0.242 e. The molecule has 26 heavy (non-hydrogen) atoms. The monoisotopic (exact) mass is 370 g/mol. The lowest BCUT2D eigenvalue weighted by Gasteiger charge is -2.18. The van der Waals surface area contributed by atoms with Gasteiger partial charge >= 0.3 is 0 Å². The van der Waals surface area contributed by atoms with Crippen LogP contribution in [0.4, 0.5) is 0 Å². The second kappa shape index (κ2) is 11.4. The van der Waals surface area contributed by atoms with Crippen molar-refractivity contribution in [3.63, 3.8) is 0 Å². The third-order valence-corrected chi connectivity index (χ3v) is 4.67. The van der Waals surface area contributed by atoms with Gasteiger partial charge in [0.05, 0.1) is 6.42 Å². The summed E-state index contributed by atoms with van der Waals surface area (Å²) in [5.41, 5.74) is 2.12. The lowest BCUT2D eigenvalue weighted by atomic mass is 10.1. The van der Waals surface area contributed by atoms with Gasteiger partial charge in [-0.05, 0) is 36.0 Å². The highest BCUT2D eigenvalue weighted by Gasteiger charge is 2.20. The van der Waals surface area contributed by atoms with Crippen LogP contribution in [0.15, 0.2) is 60.7 Å². The molecular formula is C21H26N2O2S. The van der Waals surface area contributed by atoms with Crippen molar-refractivity contribution in [1.29, 1.82) is 0 Å². The van der Waals surface area contributed by atoms with Crippen molar-refractivity contribution >= 4 is 23.6 Å². The van der Waals surface area contributed by atoms with E-state index < -0.39 is 6.04 Å². The molecule has 2 amide bonds. The lowest BCUT2D eigenvalue weighted by molar-refractivity contribution is -0.128. The molecule has 0 saturated heterocycles. The molecule has 2 aromatic rings. The van der Waals surface area contributed by atoms with E-state index in [-0.39, 0.29) is 18.2 Å². The largest absolute Gasteiger partial charge is 0.354 e. The summed E-state index contributed by atoms with van der Waals surface area (Å²) in [4.78, 5) is 24.8. The van der Waals surface area contributed by atoms with Crippen molar-refractivity contribution in [3.05, 3.63) is 71.8 Å². The van der Waals surface area contributed by atoms with Crippen LogP contribution >= 0.6 is 11.8 Å². The summed E-state index contributed by atoms with van der Waals surface area (Å²) < 4.78 is 0. The fraction of sp³-hybridized carbons (Fsp3) is 0.333. The van der Waals surface area contributed by atoms with Gasteiger partial charge in [-0.1, -0.05) is 60.7 Å². The zero-order chi connectivity index (χ0) is 18.6. The van der Waals surface area contributed by atoms with Gasteiger partial charge in [0, 0.05) is 6.54 Å². The quantitative estimate of drug-likeness (QED) is 0.676. The van der Waals surface area contributed by atoms with E-state index in [4.69, 9.17) is 0 Å². The van der Waals surface area contributed by atoms with E-state index in [0.717, 1.165) is 17.7 Å². The molecule has 0 aliphatic rings. The summed E-state index contributed by atoms with van der Waals surface area (Å²) in [7, 11) is 0. The minimum absolute atomic E-state index is 0.114. The van der Waals surface area contributed by atoms with Gasteiger partial charge in [-0.25, -0.2) is 0 Å². The maximum Gasteiger partial charge on any atom is 0.242 e. The molecule has 138 valence electrons. The number of nitrogens with one attached hydrogen (secondary N) is 2. The average molecular weight is 371 g/mol. The third-order valence-electron chi connectivity index (χ3n) is 4.03. The highest BCUT2D eigenvalue weighted by Crippen LogP contribution is 2.04. The summed E-state index contributed by atoms with van der Waals surface area (Å²) in [5, 5.41) is 5.83. The summed E-state index contributed by atoms with van der Waals surface area (Å²) in [6.07, 6.45) is 3.68. The van der Waals surface area contributed by atoms with Gasteiger partial charge < -0.3 is 10.6 Å². The first-order valence-electron chi connectivity index (χ1n) is 8.83. The average Bonchev–Trinajstić information content (AvgIpc) is 2.66. The van der Waals surface area contributed by atoms with Gasteiger partial charge in [0.15, 0.2) is 0 Å². The van der Waals surface area contributed by atoms with Crippen molar-refractivity contribution < 1.29 is 9.59 Å². The first-order chi connectivity index (χ1) is 12.7. The molecule has 5 heteroatoms. The molecular weight excluding hydrogens is 344 g/mol. The molecule has 2 aromatic carbocycles. The minimum Gasteiger partial charge on any atom is -0.354 e. The van der Waals surface area contributed by atoms with Crippen LogP contribution in [-0.2, 0) is 22.4 Å². The van der Waals surface area contributed by atoms with Gasteiger partial charge in [0.2, 0.25) is 11.8 Å². The number of rotatable bonds is 10. The number of carbonyl (C=O) groups excluding carboxylic acids is 2. The Labute approximate surface area is 159 Å². The molecule has 0 fully saturated rings. The molecule has 2 rings (SSSR count). The number of benzene rings is 2. The predicted octanol–water partition coefficient (Wildman–Crippen LogP) is 2.83.